The van der Waals surface area contributed by atoms with Crippen molar-refractivity contribution in [2.75, 3.05) is 18.2 Å². The number of carbonyl (C=O) groups is 2. The minimum Gasteiger partial charge on any atom is -0.435 e. The van der Waals surface area contributed by atoms with Crippen molar-refractivity contribution >= 4 is 40.5 Å². The number of hydrogen-bond acceptors (Lipinski definition) is 8. The van der Waals surface area contributed by atoms with E-state index in [0.29, 0.717) is 6.08 Å². The van der Waals surface area contributed by atoms with Gasteiger partial charge in [0.1, 0.15) is 11.5 Å². The number of amides is 1. The Bertz CT molecular complexity index is 948. The first kappa shape index (κ1) is 24.9. The van der Waals surface area contributed by atoms with E-state index in [1.807, 2.05) is 0 Å². The van der Waals surface area contributed by atoms with Gasteiger partial charge < -0.3 is 13.9 Å². The summed E-state index contributed by atoms with van der Waals surface area (Å²) in [5.74, 6) is -0.912. The third-order valence-corrected chi connectivity index (χ3v) is 6.19. The maximum atomic E-state index is 13.5. The van der Waals surface area contributed by atoms with Crippen molar-refractivity contribution in [2.24, 2.45) is 5.41 Å². The van der Waals surface area contributed by atoms with Gasteiger partial charge in [-0.05, 0) is 13.8 Å². The van der Waals surface area contributed by atoms with Gasteiger partial charge in [0.15, 0.2) is 0 Å². The van der Waals surface area contributed by atoms with Crippen LogP contribution in [-0.4, -0.2) is 57.0 Å². The first-order chi connectivity index (χ1) is 14.3. The van der Waals surface area contributed by atoms with Crippen LogP contribution >= 0.6 is 11.6 Å². The van der Waals surface area contributed by atoms with Crippen LogP contribution in [0.4, 0.5) is 24.0 Å². The van der Waals surface area contributed by atoms with Crippen LogP contribution in [-0.2, 0) is 25.1 Å². The zero-order valence-corrected chi connectivity index (χ0v) is 18.4. The highest BCUT2D eigenvalue weighted by atomic mass is 35.5. The predicted octanol–water partition coefficient (Wildman–Crippen LogP) is 3.24. The fourth-order valence-electron chi connectivity index (χ4n) is 2.94. The van der Waals surface area contributed by atoms with Gasteiger partial charge in [-0.2, -0.15) is 13.2 Å². The largest absolute Gasteiger partial charge is 0.508 e. The summed E-state index contributed by atoms with van der Waals surface area (Å²) < 4.78 is 67.5. The number of allylic oxidation sites excluding steroid dienone is 3. The Morgan fingerprint density at radius 1 is 1.42 bits per heavy atom. The molecule has 4 unspecified atom stereocenters. The molecule has 1 aromatic rings. The standard InChI is InChI=1S/C17H19ClF3N3O6S/c1-5-28-15(26)29-8(2)16(13(25)22-14-24-23-9(3)30-14)7-6-10(17(19,20)21)11(12(16)18)31(4)27/h6-8,12H,5H2,1-4H3,(H,22,24,25). The van der Waals surface area contributed by atoms with E-state index in [-0.39, 0.29) is 18.5 Å². The Morgan fingerprint density at radius 3 is 2.55 bits per heavy atom. The van der Waals surface area contributed by atoms with E-state index in [2.05, 4.69) is 20.3 Å². The number of rotatable bonds is 6. The number of carbonyl (C=O) groups excluding carboxylic acids is 2. The molecule has 1 amide bonds. The molecule has 0 saturated heterocycles. The molecule has 1 aliphatic rings. The predicted molar refractivity (Wildman–Crippen MR) is 104 cm³/mol. The second kappa shape index (κ2) is 9.39. The van der Waals surface area contributed by atoms with Crippen molar-refractivity contribution in [1.82, 2.24) is 10.2 Å². The van der Waals surface area contributed by atoms with Gasteiger partial charge in [0.05, 0.1) is 17.6 Å². The van der Waals surface area contributed by atoms with E-state index >= 15 is 0 Å². The van der Waals surface area contributed by atoms with Crippen LogP contribution < -0.4 is 5.32 Å². The SMILES string of the molecule is CCOC(=O)OC(C)C1(C(=O)Nc2nnc(C)o2)C=CC(C(F)(F)F)=C(S(C)=O)C1Cl. The van der Waals surface area contributed by atoms with Crippen LogP contribution in [0.25, 0.3) is 0 Å². The molecule has 0 bridgehead atoms. The lowest BCUT2D eigenvalue weighted by Gasteiger charge is -2.40. The van der Waals surface area contributed by atoms with E-state index < -0.39 is 56.4 Å². The average molecular weight is 486 g/mol. The van der Waals surface area contributed by atoms with Crippen LogP contribution in [0.5, 0.6) is 0 Å². The Hall–Kier alpha value is -2.41. The molecule has 31 heavy (non-hydrogen) atoms. The van der Waals surface area contributed by atoms with E-state index in [0.717, 1.165) is 12.3 Å². The molecule has 0 spiro atoms. The topological polar surface area (TPSA) is 121 Å². The van der Waals surface area contributed by atoms with Gasteiger partial charge in [0.2, 0.25) is 11.8 Å². The number of nitrogens with zero attached hydrogens (tertiary/aromatic N) is 2. The number of alkyl halides is 4. The smallest absolute Gasteiger partial charge is 0.435 e. The average Bonchev–Trinajstić information content (AvgIpc) is 3.04. The molecular formula is C17H19ClF3N3O6S. The summed E-state index contributed by atoms with van der Waals surface area (Å²) in [6, 6.07) is -0.354. The molecule has 0 radical (unpaired) electrons. The number of ether oxygens (including phenoxy) is 2. The van der Waals surface area contributed by atoms with Gasteiger partial charge in [-0.1, -0.05) is 17.3 Å². The fourth-order valence-corrected chi connectivity index (χ4v) is 4.76. The van der Waals surface area contributed by atoms with Crippen molar-refractivity contribution in [3.8, 4) is 0 Å². The Balaban J connectivity index is 2.58. The number of halogens is 4. The van der Waals surface area contributed by atoms with Crippen LogP contribution in [0.15, 0.2) is 27.0 Å². The molecule has 1 heterocycles. The van der Waals surface area contributed by atoms with Crippen molar-refractivity contribution in [1.29, 1.82) is 0 Å². The molecule has 2 rings (SSSR count). The monoisotopic (exact) mass is 485 g/mol. The molecule has 0 aromatic carbocycles. The van der Waals surface area contributed by atoms with Crippen LogP contribution in [0.1, 0.15) is 19.7 Å². The van der Waals surface area contributed by atoms with Gasteiger partial charge >= 0.3 is 18.3 Å². The molecule has 9 nitrogen and oxygen atoms in total. The van der Waals surface area contributed by atoms with Gasteiger partial charge in [-0.3, -0.25) is 14.3 Å². The highest BCUT2D eigenvalue weighted by Crippen LogP contribution is 2.47. The summed E-state index contributed by atoms with van der Waals surface area (Å²) >= 11 is 6.36. The molecule has 0 aliphatic heterocycles. The normalized spacial score (nSPS) is 23.3. The Kier molecular flexibility index (Phi) is 7.53. The minimum atomic E-state index is -4.89. The van der Waals surface area contributed by atoms with Crippen LogP contribution in [0.3, 0.4) is 0 Å². The number of nitrogens with one attached hydrogen (secondary N) is 1. The third kappa shape index (κ3) is 5.09. The summed E-state index contributed by atoms with van der Waals surface area (Å²) in [7, 11) is -2.22. The Morgan fingerprint density at radius 2 is 2.06 bits per heavy atom. The lowest BCUT2D eigenvalue weighted by Crippen LogP contribution is -2.53. The molecule has 1 aromatic heterocycles. The van der Waals surface area contributed by atoms with Crippen molar-refractivity contribution in [3.05, 3.63) is 28.5 Å². The van der Waals surface area contributed by atoms with E-state index in [9.17, 15) is 27.0 Å². The first-order valence-corrected chi connectivity index (χ1v) is 10.8. The fraction of sp³-hybridized carbons (Fsp3) is 0.529. The number of aryl methyl sites for hydroxylation is 1. The molecule has 172 valence electrons. The summed E-state index contributed by atoms with van der Waals surface area (Å²) in [5.41, 5.74) is -3.37. The van der Waals surface area contributed by atoms with Crippen LogP contribution in [0, 0.1) is 12.3 Å². The Labute approximate surface area is 182 Å². The summed E-state index contributed by atoms with van der Waals surface area (Å²) in [4.78, 5) is 24.3. The first-order valence-electron chi connectivity index (χ1n) is 8.77. The van der Waals surface area contributed by atoms with E-state index in [1.165, 1.54) is 20.8 Å². The molecule has 4 atom stereocenters. The van der Waals surface area contributed by atoms with Gasteiger partial charge in [-0.25, -0.2) is 4.79 Å². The molecule has 0 saturated carbocycles. The van der Waals surface area contributed by atoms with Gasteiger partial charge in [-0.15, -0.1) is 16.7 Å². The molecule has 1 N–H and O–H groups in total. The van der Waals surface area contributed by atoms with E-state index in [4.69, 9.17) is 20.8 Å². The number of hydrogen-bond donors (Lipinski definition) is 1. The summed E-state index contributed by atoms with van der Waals surface area (Å²) in [6.45, 7) is 4.15. The van der Waals surface area contributed by atoms with Crippen molar-refractivity contribution in [3.63, 3.8) is 0 Å². The second-order valence-electron chi connectivity index (χ2n) is 6.38. The quantitative estimate of drug-likeness (QED) is 0.481. The van der Waals surface area contributed by atoms with Gasteiger partial charge in [0, 0.05) is 28.9 Å². The molecular weight excluding hydrogens is 467 g/mol. The third-order valence-electron chi connectivity index (χ3n) is 4.40. The maximum absolute atomic E-state index is 13.5. The molecule has 14 heteroatoms. The van der Waals surface area contributed by atoms with Gasteiger partial charge in [0.25, 0.3) is 0 Å². The van der Waals surface area contributed by atoms with Crippen molar-refractivity contribution in [2.45, 2.75) is 38.4 Å². The summed E-state index contributed by atoms with van der Waals surface area (Å²) in [5, 5.41) is 7.57. The second-order valence-corrected chi connectivity index (χ2v) is 8.17. The zero-order valence-electron chi connectivity index (χ0n) is 16.8. The zero-order chi connectivity index (χ0) is 23.6. The lowest BCUT2D eigenvalue weighted by atomic mass is 9.74. The maximum Gasteiger partial charge on any atom is 0.508 e. The highest BCUT2D eigenvalue weighted by molar-refractivity contribution is 7.88. The summed E-state index contributed by atoms with van der Waals surface area (Å²) in [6.07, 6.45) is -5.06. The highest BCUT2D eigenvalue weighted by Gasteiger charge is 2.56. The minimum absolute atomic E-state index is 0.0471. The number of anilines is 1. The van der Waals surface area contributed by atoms with Crippen LogP contribution in [0.2, 0.25) is 0 Å². The lowest BCUT2D eigenvalue weighted by molar-refractivity contribution is -0.129. The number of aromatic nitrogens is 2. The molecule has 0 fully saturated rings. The molecule has 1 aliphatic carbocycles. The van der Waals surface area contributed by atoms with Crippen molar-refractivity contribution < 1.29 is 40.9 Å². The van der Waals surface area contributed by atoms with E-state index in [1.54, 1.807) is 0 Å².